The first-order valence-electron chi connectivity index (χ1n) is 25.0. The fourth-order valence-corrected chi connectivity index (χ4v) is 13.5. The normalized spacial score (nSPS) is 20.0. The maximum Gasteiger partial charge on any atom is 0.222 e. The number of amides is 2. The van der Waals surface area contributed by atoms with Crippen LogP contribution in [0.1, 0.15) is 134 Å². The minimum absolute atomic E-state index is 0.0326. The van der Waals surface area contributed by atoms with Gasteiger partial charge in [0, 0.05) is 98.8 Å². The molecule has 4 aromatic rings. The zero-order valence-electron chi connectivity index (χ0n) is 40.7. The average Bonchev–Trinajstić information content (AvgIpc) is 3.64. The summed E-state index contributed by atoms with van der Waals surface area (Å²) in [6.45, 7) is 4.36. The van der Waals surface area contributed by atoms with Crippen LogP contribution in [0, 0.1) is 11.8 Å². The second kappa shape index (κ2) is 23.8. The maximum atomic E-state index is 12.1. The maximum absolute atomic E-state index is 12.1. The number of fused-ring (bicyclic) bond motifs is 4. The van der Waals surface area contributed by atoms with Crippen LogP contribution in [0.5, 0.6) is 0 Å². The first-order chi connectivity index (χ1) is 34.1. The van der Waals surface area contributed by atoms with Crippen molar-refractivity contribution in [2.45, 2.75) is 88.9 Å². The Hall–Kier alpha value is -4.15. The standard InChI is InChI=1S/C27H33Cl2N3O3S.C27H32ClN3O3S/c1-36(34,35)32-15-10-19(11-16-32)26-23-9-8-22(29)18-21(23)17-20(24-6-4-14-31-27(24)26)5-3-13-30-25(33)7-2-12-28;1-35(33,34)31-15-10-19(11-16-31)26-23-9-8-22(28)18-21(23)17-20(24-6-2-12-29-27(24)26)5-3-13-30-14-4-7-25(30)32/h4,6,8-9,14,17-19,26H,2-3,5,7,10-13,15-16H2,1H3,(H,30,33);2,6,8-9,12,17-19,26H,3-5,7,10-11,13-16H2,1H3. The zero-order valence-corrected chi connectivity index (χ0v) is 44.6. The predicted octanol–water partition coefficient (Wildman–Crippen LogP) is 10.1. The Balaban J connectivity index is 0.000000190. The third-order valence-electron chi connectivity index (χ3n) is 14.8. The van der Waals surface area contributed by atoms with Crippen LogP contribution in [0.4, 0.5) is 0 Å². The fraction of sp³-hybridized carbons (Fsp3) is 0.481. The Labute approximate surface area is 435 Å². The van der Waals surface area contributed by atoms with Crippen molar-refractivity contribution in [1.29, 1.82) is 0 Å². The van der Waals surface area contributed by atoms with E-state index in [4.69, 9.17) is 44.8 Å². The van der Waals surface area contributed by atoms with Gasteiger partial charge in [0.1, 0.15) is 0 Å². The van der Waals surface area contributed by atoms with Crippen molar-refractivity contribution in [3.63, 3.8) is 0 Å². The third-order valence-corrected chi connectivity index (χ3v) is 18.1. The number of aromatic nitrogens is 2. The Bertz CT molecular complexity index is 2860. The topological polar surface area (TPSA) is 150 Å². The number of alkyl halides is 1. The second-order valence-corrected chi connectivity index (χ2v) is 24.8. The first kappa shape index (κ1) is 53.2. The van der Waals surface area contributed by atoms with Gasteiger partial charge in [-0.15, -0.1) is 11.6 Å². The van der Waals surface area contributed by atoms with E-state index in [1.807, 2.05) is 53.7 Å². The van der Waals surface area contributed by atoms with Crippen molar-refractivity contribution in [2.75, 3.05) is 64.2 Å². The highest BCUT2D eigenvalue weighted by Crippen LogP contribution is 2.47. The van der Waals surface area contributed by atoms with E-state index in [9.17, 15) is 26.4 Å². The molecule has 0 bridgehead atoms. The monoisotopic (exact) mass is 1060 g/mol. The summed E-state index contributed by atoms with van der Waals surface area (Å²) < 4.78 is 51.5. The number of allylic oxidation sites excluding steroid dienone is 2. The van der Waals surface area contributed by atoms with Crippen LogP contribution in [0.25, 0.3) is 23.3 Å². The third kappa shape index (κ3) is 13.2. The highest BCUT2D eigenvalue weighted by Gasteiger charge is 2.38. The van der Waals surface area contributed by atoms with Gasteiger partial charge in [-0.2, -0.15) is 0 Å². The van der Waals surface area contributed by atoms with Crippen LogP contribution in [0.15, 0.2) is 73.1 Å². The summed E-state index contributed by atoms with van der Waals surface area (Å²) in [4.78, 5) is 35.8. The molecule has 71 heavy (non-hydrogen) atoms. The van der Waals surface area contributed by atoms with Gasteiger partial charge in [0.05, 0.1) is 23.9 Å². The number of benzene rings is 2. The minimum Gasteiger partial charge on any atom is -0.356 e. The minimum atomic E-state index is -3.19. The number of piperidine rings is 2. The summed E-state index contributed by atoms with van der Waals surface area (Å²) in [6, 6.07) is 20.4. The van der Waals surface area contributed by atoms with Gasteiger partial charge in [-0.1, -0.05) is 59.6 Å². The summed E-state index contributed by atoms with van der Waals surface area (Å²) >= 11 is 18.5. The lowest BCUT2D eigenvalue weighted by atomic mass is 9.76. The van der Waals surface area contributed by atoms with Gasteiger partial charge in [0.2, 0.25) is 31.9 Å². The quantitative estimate of drug-likeness (QED) is 0.0914. The number of nitrogens with zero attached hydrogens (tertiary/aromatic N) is 5. The molecule has 3 saturated heterocycles. The van der Waals surface area contributed by atoms with E-state index < -0.39 is 20.0 Å². The number of pyridine rings is 2. The molecule has 5 heterocycles. The first-order valence-corrected chi connectivity index (χ1v) is 30.0. The van der Waals surface area contributed by atoms with Crippen molar-refractivity contribution in [2.24, 2.45) is 11.8 Å². The fourth-order valence-electron chi connectivity index (χ4n) is 11.3. The molecule has 2 atom stereocenters. The van der Waals surface area contributed by atoms with Crippen LogP contribution < -0.4 is 5.32 Å². The molecular formula is C54H65Cl3N6O6S2. The van der Waals surface area contributed by atoms with E-state index >= 15 is 0 Å². The number of carbonyl (C=O) groups excluding carboxylic acids is 2. The predicted molar refractivity (Wildman–Crippen MR) is 286 cm³/mol. The zero-order chi connectivity index (χ0) is 50.3. The molecular weight excluding hydrogens is 999 g/mol. The van der Waals surface area contributed by atoms with Gasteiger partial charge in [0.15, 0.2) is 0 Å². The average molecular weight is 1060 g/mol. The number of likely N-dealkylation sites (tertiary alicyclic amines) is 1. The van der Waals surface area contributed by atoms with Gasteiger partial charge in [-0.05, 0) is 157 Å². The number of rotatable bonds is 15. The SMILES string of the molecule is CS(=O)(=O)N1CCC(C2c3ccc(Cl)cc3C=C(CCCN3CCCC3=O)c3cccnc32)CC1.CS(=O)(=O)N1CCC(C2c3ccc(Cl)cc3C=C(CCCNC(=O)CCCCl)c3cccnc32)CC1. The van der Waals surface area contributed by atoms with E-state index in [0.717, 1.165) is 105 Å². The Morgan fingerprint density at radius 1 is 0.690 bits per heavy atom. The number of hydrogen-bond acceptors (Lipinski definition) is 8. The van der Waals surface area contributed by atoms with E-state index in [-0.39, 0.29) is 35.5 Å². The van der Waals surface area contributed by atoms with Gasteiger partial charge in [-0.25, -0.2) is 25.4 Å². The number of hydrogen-bond donors (Lipinski definition) is 1. The molecule has 0 saturated carbocycles. The molecule has 9 rings (SSSR count). The molecule has 2 aromatic carbocycles. The van der Waals surface area contributed by atoms with Gasteiger partial charge in [0.25, 0.3) is 0 Å². The van der Waals surface area contributed by atoms with Crippen molar-refractivity contribution in [1.82, 2.24) is 28.8 Å². The smallest absolute Gasteiger partial charge is 0.222 e. The lowest BCUT2D eigenvalue weighted by molar-refractivity contribution is -0.127. The van der Waals surface area contributed by atoms with Crippen molar-refractivity contribution in [3.05, 3.63) is 128 Å². The van der Waals surface area contributed by atoms with Crippen LogP contribution in [0.3, 0.4) is 0 Å². The van der Waals surface area contributed by atoms with Crippen LogP contribution in [0.2, 0.25) is 10.0 Å². The molecule has 2 aromatic heterocycles. The number of nitrogens with one attached hydrogen (secondary N) is 1. The van der Waals surface area contributed by atoms with E-state index in [1.54, 1.807) is 8.61 Å². The molecule has 3 aliphatic heterocycles. The molecule has 380 valence electrons. The number of carbonyl (C=O) groups is 2. The van der Waals surface area contributed by atoms with Crippen LogP contribution in [-0.2, 0) is 29.6 Å². The van der Waals surface area contributed by atoms with Crippen LogP contribution in [-0.4, -0.2) is 116 Å². The molecule has 17 heteroatoms. The number of sulfonamides is 2. The molecule has 2 amide bonds. The Morgan fingerprint density at radius 3 is 1.63 bits per heavy atom. The Morgan fingerprint density at radius 2 is 1.18 bits per heavy atom. The van der Waals surface area contributed by atoms with Gasteiger partial charge in [-0.3, -0.25) is 19.6 Å². The molecule has 1 N–H and O–H groups in total. The largest absolute Gasteiger partial charge is 0.356 e. The van der Waals surface area contributed by atoms with E-state index in [1.165, 1.54) is 34.8 Å². The van der Waals surface area contributed by atoms with Crippen molar-refractivity contribution < 1.29 is 26.4 Å². The molecule has 2 aliphatic carbocycles. The molecule has 2 unspecified atom stereocenters. The number of halogens is 3. The van der Waals surface area contributed by atoms with Crippen molar-refractivity contribution in [3.8, 4) is 0 Å². The second-order valence-electron chi connectivity index (χ2n) is 19.5. The Kier molecular flexibility index (Phi) is 17.8. The lowest BCUT2D eigenvalue weighted by Crippen LogP contribution is -2.39. The summed E-state index contributed by atoms with van der Waals surface area (Å²) in [5.41, 5.74) is 11.3. The molecule has 3 fully saturated rings. The van der Waals surface area contributed by atoms with Gasteiger partial charge < -0.3 is 10.2 Å². The molecule has 12 nitrogen and oxygen atoms in total. The summed E-state index contributed by atoms with van der Waals surface area (Å²) in [5.74, 6) is 1.47. The molecule has 0 radical (unpaired) electrons. The molecule has 5 aliphatic rings. The summed E-state index contributed by atoms with van der Waals surface area (Å²) in [7, 11) is -6.38. The molecule has 0 spiro atoms. The highest BCUT2D eigenvalue weighted by molar-refractivity contribution is 7.88. The van der Waals surface area contributed by atoms with E-state index in [2.05, 4.69) is 41.7 Å². The summed E-state index contributed by atoms with van der Waals surface area (Å²) in [5, 5.41) is 4.37. The van der Waals surface area contributed by atoms with Crippen LogP contribution >= 0.6 is 34.8 Å². The summed E-state index contributed by atoms with van der Waals surface area (Å²) in [6.07, 6.45) is 20.0. The highest BCUT2D eigenvalue weighted by atomic mass is 35.5. The van der Waals surface area contributed by atoms with Gasteiger partial charge >= 0.3 is 0 Å². The van der Waals surface area contributed by atoms with Crippen molar-refractivity contribution >= 4 is 90.0 Å². The lowest BCUT2D eigenvalue weighted by Gasteiger charge is -2.35. The van der Waals surface area contributed by atoms with E-state index in [0.29, 0.717) is 67.9 Å².